The third-order valence-electron chi connectivity index (χ3n) is 1.98. The Morgan fingerprint density at radius 1 is 1.44 bits per heavy atom. The first-order chi connectivity index (χ1) is 8.43. The summed E-state index contributed by atoms with van der Waals surface area (Å²) in [6, 6.07) is 3.89. The van der Waals surface area contributed by atoms with Gasteiger partial charge in [0, 0.05) is 6.07 Å². The van der Waals surface area contributed by atoms with E-state index in [0.29, 0.717) is 5.69 Å². The van der Waals surface area contributed by atoms with Gasteiger partial charge in [-0.15, -0.1) is 0 Å². The highest BCUT2D eigenvalue weighted by Gasteiger charge is 2.14. The van der Waals surface area contributed by atoms with Gasteiger partial charge in [0.25, 0.3) is 5.69 Å². The molecule has 1 aromatic carbocycles. The number of nitro benzene ring substituents is 1. The Morgan fingerprint density at radius 2 is 2.11 bits per heavy atom. The molecule has 1 amide bonds. The van der Waals surface area contributed by atoms with E-state index in [0.717, 1.165) is 0 Å². The number of non-ortho nitro benzene ring substituents is 1. The van der Waals surface area contributed by atoms with E-state index >= 15 is 0 Å². The van der Waals surface area contributed by atoms with Crippen molar-refractivity contribution in [2.45, 2.75) is 20.0 Å². The van der Waals surface area contributed by atoms with Crippen molar-refractivity contribution in [3.8, 4) is 5.75 Å². The molecule has 0 aromatic heterocycles. The summed E-state index contributed by atoms with van der Waals surface area (Å²) in [5, 5.41) is 13.0. The van der Waals surface area contributed by atoms with Gasteiger partial charge in [-0.05, 0) is 19.9 Å². The maximum Gasteiger partial charge on any atom is 0.411 e. The highest BCUT2D eigenvalue weighted by molar-refractivity contribution is 5.87. The number of benzene rings is 1. The fourth-order valence-corrected chi connectivity index (χ4v) is 1.25. The number of nitro groups is 1. The number of ether oxygens (including phenoxy) is 2. The summed E-state index contributed by atoms with van der Waals surface area (Å²) >= 11 is 0. The summed E-state index contributed by atoms with van der Waals surface area (Å²) in [6.07, 6.45) is -0.897. The van der Waals surface area contributed by atoms with E-state index in [9.17, 15) is 14.9 Å². The van der Waals surface area contributed by atoms with Crippen LogP contribution in [0.5, 0.6) is 5.75 Å². The number of amides is 1. The first-order valence-electron chi connectivity index (χ1n) is 5.24. The number of carbonyl (C=O) groups excluding carboxylic acids is 1. The molecular formula is C11H14N2O5. The van der Waals surface area contributed by atoms with Crippen LogP contribution in [-0.2, 0) is 4.74 Å². The minimum Gasteiger partial charge on any atom is -0.494 e. The SMILES string of the molecule is COc1cc([N+](=O)[O-])ccc1NC(=O)OC(C)C. The highest BCUT2D eigenvalue weighted by atomic mass is 16.6. The molecule has 0 aliphatic heterocycles. The van der Waals surface area contributed by atoms with Crippen molar-refractivity contribution < 1.29 is 19.2 Å². The predicted octanol–water partition coefficient (Wildman–Crippen LogP) is 2.56. The smallest absolute Gasteiger partial charge is 0.411 e. The Balaban J connectivity index is 2.89. The van der Waals surface area contributed by atoms with E-state index in [-0.39, 0.29) is 17.5 Å². The van der Waals surface area contributed by atoms with Crippen LogP contribution in [0.2, 0.25) is 0 Å². The van der Waals surface area contributed by atoms with E-state index in [1.807, 2.05) is 0 Å². The number of nitrogens with zero attached hydrogens (tertiary/aromatic N) is 1. The quantitative estimate of drug-likeness (QED) is 0.658. The maximum absolute atomic E-state index is 11.4. The van der Waals surface area contributed by atoms with Crippen LogP contribution >= 0.6 is 0 Å². The molecule has 0 saturated heterocycles. The molecule has 7 heteroatoms. The van der Waals surface area contributed by atoms with Crippen LogP contribution in [0.4, 0.5) is 16.2 Å². The lowest BCUT2D eigenvalue weighted by molar-refractivity contribution is -0.384. The van der Waals surface area contributed by atoms with Crippen molar-refractivity contribution in [1.82, 2.24) is 0 Å². The van der Waals surface area contributed by atoms with Crippen molar-refractivity contribution in [2.24, 2.45) is 0 Å². The van der Waals surface area contributed by atoms with Gasteiger partial charge < -0.3 is 9.47 Å². The molecule has 1 aromatic rings. The van der Waals surface area contributed by atoms with Crippen LogP contribution in [0.1, 0.15) is 13.8 Å². The number of carbonyl (C=O) groups is 1. The number of hydrogen-bond acceptors (Lipinski definition) is 5. The highest BCUT2D eigenvalue weighted by Crippen LogP contribution is 2.29. The summed E-state index contributed by atoms with van der Waals surface area (Å²) in [6.45, 7) is 3.43. The van der Waals surface area contributed by atoms with E-state index in [1.54, 1.807) is 13.8 Å². The molecule has 0 bridgehead atoms. The number of rotatable bonds is 4. The molecule has 0 saturated carbocycles. The van der Waals surface area contributed by atoms with Crippen LogP contribution in [0.15, 0.2) is 18.2 Å². The van der Waals surface area contributed by atoms with Gasteiger partial charge in [-0.3, -0.25) is 15.4 Å². The summed E-state index contributed by atoms with van der Waals surface area (Å²) in [5.74, 6) is 0.199. The van der Waals surface area contributed by atoms with Crippen LogP contribution < -0.4 is 10.1 Å². The van der Waals surface area contributed by atoms with Gasteiger partial charge in [0.05, 0.1) is 29.9 Å². The van der Waals surface area contributed by atoms with Crippen LogP contribution in [0.25, 0.3) is 0 Å². The molecule has 1 N–H and O–H groups in total. The van der Waals surface area contributed by atoms with Gasteiger partial charge in [-0.1, -0.05) is 0 Å². The maximum atomic E-state index is 11.4. The van der Waals surface area contributed by atoms with Crippen molar-refractivity contribution in [1.29, 1.82) is 0 Å². The van der Waals surface area contributed by atoms with Gasteiger partial charge in [-0.2, -0.15) is 0 Å². The molecule has 0 radical (unpaired) electrons. The number of methoxy groups -OCH3 is 1. The zero-order valence-electron chi connectivity index (χ0n) is 10.3. The Bertz CT molecular complexity index is 459. The van der Waals surface area contributed by atoms with Crippen molar-refractivity contribution >= 4 is 17.5 Å². The molecule has 0 atom stereocenters. The molecule has 0 unspecified atom stereocenters. The third kappa shape index (κ3) is 3.62. The average molecular weight is 254 g/mol. The lowest BCUT2D eigenvalue weighted by Crippen LogP contribution is -2.18. The largest absolute Gasteiger partial charge is 0.494 e. The van der Waals surface area contributed by atoms with E-state index in [1.165, 1.54) is 25.3 Å². The summed E-state index contributed by atoms with van der Waals surface area (Å²) in [5.41, 5.74) is 0.198. The minimum absolute atomic E-state index is 0.116. The lowest BCUT2D eigenvalue weighted by atomic mass is 10.2. The van der Waals surface area contributed by atoms with E-state index < -0.39 is 11.0 Å². The standard InChI is InChI=1S/C11H14N2O5/c1-7(2)18-11(14)12-9-5-4-8(13(15)16)6-10(9)17-3/h4-7H,1-3H3,(H,12,14). The summed E-state index contributed by atoms with van der Waals surface area (Å²) in [4.78, 5) is 21.4. The monoisotopic (exact) mass is 254 g/mol. The molecule has 1 rings (SSSR count). The third-order valence-corrected chi connectivity index (χ3v) is 1.98. The number of nitrogens with one attached hydrogen (secondary N) is 1. The molecule has 0 aliphatic rings. The zero-order chi connectivity index (χ0) is 13.7. The number of hydrogen-bond donors (Lipinski definition) is 1. The fourth-order valence-electron chi connectivity index (χ4n) is 1.25. The average Bonchev–Trinajstić information content (AvgIpc) is 2.27. The predicted molar refractivity (Wildman–Crippen MR) is 64.9 cm³/mol. The number of anilines is 1. The topological polar surface area (TPSA) is 90.7 Å². The molecule has 0 fully saturated rings. The first-order valence-corrected chi connectivity index (χ1v) is 5.24. The molecular weight excluding hydrogens is 240 g/mol. The molecule has 18 heavy (non-hydrogen) atoms. The van der Waals surface area contributed by atoms with Gasteiger partial charge in [-0.25, -0.2) is 4.79 Å². The zero-order valence-corrected chi connectivity index (χ0v) is 10.3. The summed E-state index contributed by atoms with van der Waals surface area (Å²) < 4.78 is 9.86. The fraction of sp³-hybridized carbons (Fsp3) is 0.364. The molecule has 0 heterocycles. The van der Waals surface area contributed by atoms with Crippen LogP contribution in [-0.4, -0.2) is 24.2 Å². The van der Waals surface area contributed by atoms with E-state index in [4.69, 9.17) is 9.47 Å². The Labute approximate surface area is 104 Å². The summed E-state index contributed by atoms with van der Waals surface area (Å²) in [7, 11) is 1.36. The van der Waals surface area contributed by atoms with Gasteiger partial charge in [0.2, 0.25) is 0 Å². The van der Waals surface area contributed by atoms with E-state index in [2.05, 4.69) is 5.32 Å². The lowest BCUT2D eigenvalue weighted by Gasteiger charge is -2.11. The van der Waals surface area contributed by atoms with Crippen molar-refractivity contribution in [2.75, 3.05) is 12.4 Å². The van der Waals surface area contributed by atoms with Gasteiger partial charge in [0.1, 0.15) is 5.75 Å². The second kappa shape index (κ2) is 5.85. The molecule has 7 nitrogen and oxygen atoms in total. The van der Waals surface area contributed by atoms with Gasteiger partial charge >= 0.3 is 6.09 Å². The molecule has 0 aliphatic carbocycles. The second-order valence-electron chi connectivity index (χ2n) is 3.72. The normalized spacial score (nSPS) is 10.0. The molecule has 0 spiro atoms. The van der Waals surface area contributed by atoms with Crippen molar-refractivity contribution in [3.63, 3.8) is 0 Å². The second-order valence-corrected chi connectivity index (χ2v) is 3.72. The Morgan fingerprint density at radius 3 is 2.61 bits per heavy atom. The first kappa shape index (κ1) is 13.8. The Kier molecular flexibility index (Phi) is 4.47. The minimum atomic E-state index is -0.642. The van der Waals surface area contributed by atoms with Crippen LogP contribution in [0, 0.1) is 10.1 Å². The Hall–Kier alpha value is -2.31. The molecule has 98 valence electrons. The van der Waals surface area contributed by atoms with Crippen molar-refractivity contribution in [3.05, 3.63) is 28.3 Å². The van der Waals surface area contributed by atoms with Crippen LogP contribution in [0.3, 0.4) is 0 Å². The van der Waals surface area contributed by atoms with Gasteiger partial charge in [0.15, 0.2) is 0 Å².